The van der Waals surface area contributed by atoms with Gasteiger partial charge in [0.25, 0.3) is 0 Å². The van der Waals surface area contributed by atoms with E-state index in [1.165, 1.54) is 18.2 Å². The highest BCUT2D eigenvalue weighted by atomic mass is 19.2. The minimum atomic E-state index is -1.03. The predicted molar refractivity (Wildman–Crippen MR) is 113 cm³/mol. The fourth-order valence-corrected chi connectivity index (χ4v) is 3.95. The summed E-state index contributed by atoms with van der Waals surface area (Å²) >= 11 is 0. The molecule has 0 radical (unpaired) electrons. The Bertz CT molecular complexity index is 1300. The van der Waals surface area contributed by atoms with Crippen molar-refractivity contribution in [1.29, 1.82) is 0 Å². The number of hydrogen-bond acceptors (Lipinski definition) is 3. The summed E-state index contributed by atoms with van der Waals surface area (Å²) in [6.07, 6.45) is 1.43. The summed E-state index contributed by atoms with van der Waals surface area (Å²) in [5.74, 6) is -1.90. The Morgan fingerprint density at radius 3 is 2.53 bits per heavy atom. The van der Waals surface area contributed by atoms with E-state index in [4.69, 9.17) is 4.42 Å². The van der Waals surface area contributed by atoms with Gasteiger partial charge in [-0.05, 0) is 60.4 Å². The van der Waals surface area contributed by atoms with Crippen LogP contribution in [0.25, 0.3) is 22.2 Å². The molecule has 1 aliphatic heterocycles. The van der Waals surface area contributed by atoms with Crippen LogP contribution in [0.1, 0.15) is 24.8 Å². The van der Waals surface area contributed by atoms with E-state index in [-0.39, 0.29) is 17.5 Å². The number of nitrogens with one attached hydrogen (secondary N) is 1. The molecule has 4 aromatic rings. The van der Waals surface area contributed by atoms with Crippen LogP contribution in [0.2, 0.25) is 0 Å². The van der Waals surface area contributed by atoms with Crippen molar-refractivity contribution < 1.29 is 22.4 Å². The van der Waals surface area contributed by atoms with Crippen molar-refractivity contribution in [2.24, 2.45) is 0 Å². The van der Waals surface area contributed by atoms with Crippen LogP contribution in [-0.2, 0) is 0 Å². The molecule has 1 saturated heterocycles. The van der Waals surface area contributed by atoms with Gasteiger partial charge >= 0.3 is 6.03 Å². The normalized spacial score (nSPS) is 16.0. The van der Waals surface area contributed by atoms with E-state index in [0.29, 0.717) is 30.0 Å². The van der Waals surface area contributed by atoms with Gasteiger partial charge in [-0.15, -0.1) is 0 Å². The Morgan fingerprint density at radius 1 is 0.969 bits per heavy atom. The van der Waals surface area contributed by atoms with Crippen molar-refractivity contribution in [1.82, 2.24) is 9.88 Å². The van der Waals surface area contributed by atoms with E-state index in [2.05, 4.69) is 10.3 Å². The van der Waals surface area contributed by atoms with E-state index >= 15 is 0 Å². The number of halogens is 3. The lowest BCUT2D eigenvalue weighted by atomic mass is 10.1. The largest absolute Gasteiger partial charge is 0.438 e. The predicted octanol–water partition coefficient (Wildman–Crippen LogP) is 6.28. The standard InChI is InChI=1S/C24H18F3N3O2/c25-16-6-3-14(4-7-16)15-5-10-22-20(12-15)29-23(32-22)21-2-1-11-30(21)24(31)28-17-8-9-18(26)19(27)13-17/h3-10,12-13,21H,1-2,11H2,(H,28,31)/t21-/m0/s1. The van der Waals surface area contributed by atoms with Gasteiger partial charge in [-0.2, -0.15) is 0 Å². The van der Waals surface area contributed by atoms with E-state index in [1.807, 2.05) is 12.1 Å². The Labute approximate surface area is 181 Å². The Hall–Kier alpha value is -3.81. The highest BCUT2D eigenvalue weighted by molar-refractivity contribution is 5.90. The molecule has 0 aliphatic carbocycles. The van der Waals surface area contributed by atoms with Crippen LogP contribution >= 0.6 is 0 Å². The number of aromatic nitrogens is 1. The molecule has 32 heavy (non-hydrogen) atoms. The Morgan fingerprint density at radius 2 is 1.75 bits per heavy atom. The van der Waals surface area contributed by atoms with Gasteiger partial charge in [0.2, 0.25) is 5.89 Å². The first kappa shape index (κ1) is 20.1. The number of rotatable bonds is 3. The third-order valence-electron chi connectivity index (χ3n) is 5.55. The van der Waals surface area contributed by atoms with Crippen LogP contribution < -0.4 is 5.32 Å². The molecule has 8 heteroatoms. The maximum absolute atomic E-state index is 13.5. The molecule has 0 spiro atoms. The highest BCUT2D eigenvalue weighted by Crippen LogP contribution is 2.34. The van der Waals surface area contributed by atoms with E-state index in [0.717, 1.165) is 29.7 Å². The molecule has 0 saturated carbocycles. The quantitative estimate of drug-likeness (QED) is 0.410. The lowest BCUT2D eigenvalue weighted by molar-refractivity contribution is 0.199. The molecule has 5 rings (SSSR count). The highest BCUT2D eigenvalue weighted by Gasteiger charge is 2.33. The molecule has 2 heterocycles. The zero-order valence-corrected chi connectivity index (χ0v) is 16.8. The smallest absolute Gasteiger partial charge is 0.322 e. The average Bonchev–Trinajstić information content (AvgIpc) is 3.43. The first-order valence-corrected chi connectivity index (χ1v) is 10.2. The number of anilines is 1. The topological polar surface area (TPSA) is 58.4 Å². The second-order valence-corrected chi connectivity index (χ2v) is 7.65. The SMILES string of the molecule is O=C(Nc1ccc(F)c(F)c1)N1CCC[C@H]1c1nc2cc(-c3ccc(F)cc3)ccc2o1. The molecular formula is C24H18F3N3O2. The molecule has 1 fully saturated rings. The number of carbonyl (C=O) groups is 1. The van der Waals surface area contributed by atoms with Gasteiger partial charge in [0.1, 0.15) is 17.4 Å². The fourth-order valence-electron chi connectivity index (χ4n) is 3.95. The molecule has 3 aromatic carbocycles. The lowest BCUT2D eigenvalue weighted by Gasteiger charge is -2.22. The van der Waals surface area contributed by atoms with Crippen molar-refractivity contribution in [3.05, 3.63) is 84.0 Å². The molecule has 1 N–H and O–H groups in total. The van der Waals surface area contributed by atoms with Gasteiger partial charge in [-0.25, -0.2) is 22.9 Å². The molecular weight excluding hydrogens is 419 g/mol. The molecule has 0 unspecified atom stereocenters. The first-order valence-electron chi connectivity index (χ1n) is 10.2. The minimum Gasteiger partial charge on any atom is -0.438 e. The van der Waals surface area contributed by atoms with Crippen LogP contribution in [0.15, 0.2) is 65.1 Å². The molecule has 2 amide bonds. The summed E-state index contributed by atoms with van der Waals surface area (Å²) in [5.41, 5.74) is 3.11. The minimum absolute atomic E-state index is 0.168. The summed E-state index contributed by atoms with van der Waals surface area (Å²) in [4.78, 5) is 18.9. The maximum Gasteiger partial charge on any atom is 0.322 e. The number of carbonyl (C=O) groups excluding carboxylic acids is 1. The van der Waals surface area contributed by atoms with Crippen LogP contribution in [0.3, 0.4) is 0 Å². The number of likely N-dealkylation sites (tertiary alicyclic amines) is 1. The number of oxazole rings is 1. The van der Waals surface area contributed by atoms with Gasteiger partial charge in [0, 0.05) is 18.3 Å². The first-order chi connectivity index (χ1) is 15.5. The van der Waals surface area contributed by atoms with Crippen molar-refractivity contribution in [2.45, 2.75) is 18.9 Å². The average molecular weight is 437 g/mol. The van der Waals surface area contributed by atoms with Crippen LogP contribution in [0.4, 0.5) is 23.7 Å². The van der Waals surface area contributed by atoms with Gasteiger partial charge in [-0.1, -0.05) is 18.2 Å². The van der Waals surface area contributed by atoms with Crippen LogP contribution in [0.5, 0.6) is 0 Å². The molecule has 1 aliphatic rings. The fraction of sp³-hybridized carbons (Fsp3) is 0.167. The zero-order chi connectivity index (χ0) is 22.2. The van der Waals surface area contributed by atoms with Crippen LogP contribution in [-0.4, -0.2) is 22.5 Å². The van der Waals surface area contributed by atoms with E-state index < -0.39 is 17.7 Å². The van der Waals surface area contributed by atoms with E-state index in [1.54, 1.807) is 23.1 Å². The van der Waals surface area contributed by atoms with Crippen molar-refractivity contribution in [2.75, 3.05) is 11.9 Å². The third-order valence-corrected chi connectivity index (χ3v) is 5.55. The lowest BCUT2D eigenvalue weighted by Crippen LogP contribution is -2.34. The van der Waals surface area contributed by atoms with Gasteiger partial charge in [0.15, 0.2) is 17.2 Å². The second-order valence-electron chi connectivity index (χ2n) is 7.65. The summed E-state index contributed by atoms with van der Waals surface area (Å²) in [7, 11) is 0. The summed E-state index contributed by atoms with van der Waals surface area (Å²) in [6.45, 7) is 0.486. The second kappa shape index (κ2) is 8.03. The Kier molecular flexibility index (Phi) is 5.05. The molecule has 1 atom stereocenters. The number of fused-ring (bicyclic) bond motifs is 1. The summed E-state index contributed by atoms with van der Waals surface area (Å²) in [5, 5.41) is 2.60. The number of amides is 2. The zero-order valence-electron chi connectivity index (χ0n) is 16.8. The maximum atomic E-state index is 13.5. The van der Waals surface area contributed by atoms with Gasteiger partial charge in [0.05, 0.1) is 0 Å². The van der Waals surface area contributed by atoms with Crippen LogP contribution in [0, 0.1) is 17.5 Å². The molecule has 0 bridgehead atoms. The monoisotopic (exact) mass is 437 g/mol. The summed E-state index contributed by atoms with van der Waals surface area (Å²) < 4.78 is 45.7. The van der Waals surface area contributed by atoms with Crippen molar-refractivity contribution in [3.63, 3.8) is 0 Å². The summed E-state index contributed by atoms with van der Waals surface area (Å²) in [6, 6.07) is 14.1. The molecule has 162 valence electrons. The molecule has 1 aromatic heterocycles. The Balaban J connectivity index is 1.39. The van der Waals surface area contributed by atoms with Crippen molar-refractivity contribution in [3.8, 4) is 11.1 Å². The van der Waals surface area contributed by atoms with Crippen molar-refractivity contribution >= 4 is 22.8 Å². The van der Waals surface area contributed by atoms with Gasteiger partial charge < -0.3 is 14.6 Å². The number of nitrogens with zero attached hydrogens (tertiary/aromatic N) is 2. The molecule has 5 nitrogen and oxygen atoms in total. The number of urea groups is 1. The number of hydrogen-bond donors (Lipinski definition) is 1. The van der Waals surface area contributed by atoms with E-state index in [9.17, 15) is 18.0 Å². The van der Waals surface area contributed by atoms with Gasteiger partial charge in [-0.3, -0.25) is 0 Å². The third kappa shape index (κ3) is 3.79. The number of benzene rings is 3.